The molecular formula is C68H123NO10. The quantitative estimate of drug-likeness (QED) is 0.0149. The molecule has 11 heteroatoms. The minimum atomic E-state index is -1.62. The Balaban J connectivity index is 2.64. The molecule has 6 N–H and O–H groups in total. The molecule has 0 aromatic heterocycles. The van der Waals surface area contributed by atoms with Gasteiger partial charge in [-0.1, -0.05) is 268 Å². The maximum absolute atomic E-state index is 13.5. The van der Waals surface area contributed by atoms with Gasteiger partial charge in [0.15, 0.2) is 12.4 Å². The normalized spacial score (nSPS) is 19.2. The van der Waals surface area contributed by atoms with Gasteiger partial charge in [-0.15, -0.1) is 0 Å². The number of ether oxygens (including phenoxy) is 3. The molecule has 1 saturated heterocycles. The van der Waals surface area contributed by atoms with Crippen molar-refractivity contribution in [1.82, 2.24) is 5.32 Å². The Morgan fingerprint density at radius 3 is 1.39 bits per heavy atom. The van der Waals surface area contributed by atoms with Crippen molar-refractivity contribution in [3.05, 3.63) is 60.8 Å². The predicted molar refractivity (Wildman–Crippen MR) is 329 cm³/mol. The van der Waals surface area contributed by atoms with Crippen LogP contribution in [0.25, 0.3) is 0 Å². The van der Waals surface area contributed by atoms with Crippen molar-refractivity contribution < 1.29 is 49.3 Å². The number of aliphatic hydroxyl groups is 5. The van der Waals surface area contributed by atoms with Crippen LogP contribution in [-0.4, -0.2) is 99.6 Å². The van der Waals surface area contributed by atoms with Crippen LogP contribution in [0.5, 0.6) is 0 Å². The van der Waals surface area contributed by atoms with Crippen LogP contribution in [0.2, 0.25) is 0 Å². The number of amides is 1. The molecule has 1 heterocycles. The number of nitrogens with one attached hydrogen (secondary N) is 1. The molecule has 0 aromatic rings. The lowest BCUT2D eigenvalue weighted by molar-refractivity contribution is -0.305. The van der Waals surface area contributed by atoms with Gasteiger partial charge in [0, 0.05) is 6.42 Å². The van der Waals surface area contributed by atoms with Gasteiger partial charge >= 0.3 is 5.97 Å². The van der Waals surface area contributed by atoms with Gasteiger partial charge in [0.1, 0.15) is 24.4 Å². The predicted octanol–water partition coefficient (Wildman–Crippen LogP) is 16.2. The first-order valence-corrected chi connectivity index (χ1v) is 33.1. The van der Waals surface area contributed by atoms with E-state index in [-0.39, 0.29) is 19.4 Å². The molecule has 0 spiro atoms. The second-order valence-electron chi connectivity index (χ2n) is 22.9. The molecule has 0 aliphatic carbocycles. The van der Waals surface area contributed by atoms with Crippen molar-refractivity contribution in [3.63, 3.8) is 0 Å². The molecule has 460 valence electrons. The summed E-state index contributed by atoms with van der Waals surface area (Å²) in [5, 5.41) is 57.1. The van der Waals surface area contributed by atoms with Gasteiger partial charge in [0.2, 0.25) is 5.91 Å². The highest BCUT2D eigenvalue weighted by atomic mass is 16.7. The molecule has 11 nitrogen and oxygen atoms in total. The summed E-state index contributed by atoms with van der Waals surface area (Å²) in [6, 6.07) is -1.03. The summed E-state index contributed by atoms with van der Waals surface area (Å²) in [6.07, 6.45) is 59.7. The van der Waals surface area contributed by atoms with Crippen LogP contribution in [0.15, 0.2) is 60.8 Å². The Labute approximate surface area is 484 Å². The molecular weight excluding hydrogens is 991 g/mol. The number of hydrogen-bond donors (Lipinski definition) is 6. The third kappa shape index (κ3) is 43.7. The van der Waals surface area contributed by atoms with E-state index in [2.05, 4.69) is 74.7 Å². The van der Waals surface area contributed by atoms with Crippen LogP contribution in [0, 0.1) is 0 Å². The Morgan fingerprint density at radius 2 is 0.911 bits per heavy atom. The zero-order valence-corrected chi connectivity index (χ0v) is 51.0. The molecule has 1 aliphatic heterocycles. The van der Waals surface area contributed by atoms with Crippen molar-refractivity contribution in [3.8, 4) is 0 Å². The third-order valence-electron chi connectivity index (χ3n) is 15.4. The van der Waals surface area contributed by atoms with Gasteiger partial charge < -0.3 is 45.1 Å². The fourth-order valence-corrected chi connectivity index (χ4v) is 10.1. The van der Waals surface area contributed by atoms with Gasteiger partial charge in [0.25, 0.3) is 0 Å². The largest absolute Gasteiger partial charge is 0.454 e. The zero-order chi connectivity index (χ0) is 57.5. The summed E-state index contributed by atoms with van der Waals surface area (Å²) in [5.41, 5.74) is 0. The Hall–Kier alpha value is -2.64. The lowest BCUT2D eigenvalue weighted by Crippen LogP contribution is -2.61. The number of carbonyl (C=O) groups excluding carboxylic acids is 2. The van der Waals surface area contributed by atoms with Gasteiger partial charge in [-0.05, 0) is 83.5 Å². The van der Waals surface area contributed by atoms with E-state index in [9.17, 15) is 35.1 Å². The van der Waals surface area contributed by atoms with Gasteiger partial charge in [0.05, 0.1) is 25.4 Å². The van der Waals surface area contributed by atoms with E-state index in [4.69, 9.17) is 14.2 Å². The first-order chi connectivity index (χ1) is 38.7. The highest BCUT2D eigenvalue weighted by Gasteiger charge is 2.47. The number of hydrogen-bond acceptors (Lipinski definition) is 10. The van der Waals surface area contributed by atoms with Crippen LogP contribution in [0.3, 0.4) is 0 Å². The van der Waals surface area contributed by atoms with Gasteiger partial charge in [-0.2, -0.15) is 0 Å². The van der Waals surface area contributed by atoms with Crippen molar-refractivity contribution >= 4 is 11.9 Å². The van der Waals surface area contributed by atoms with Crippen molar-refractivity contribution in [2.75, 3.05) is 13.2 Å². The standard InChI is InChI=1S/C68H123NO10/c1-4-7-10-13-16-19-22-25-27-28-29-30-31-32-33-35-37-40-43-46-49-52-55-61(72)67(76)69-59(60(71)54-51-48-45-42-39-36-24-21-18-15-12-9-6-3)58-77-68-66(65(75)64(74)62(57-70)78-68)79-63(73)56-53-50-47-44-41-38-34-26-23-20-17-14-11-8-5-2/h16-17,19-20,23,25-27,51,54,59-62,64-66,68,70-72,74-75H,4-15,18,21-22,24,28-50,52-53,55-58H2,1-3H3,(H,69,76)/b19-16-,20-17+,26-23+,27-25-,54-51+. The highest BCUT2D eigenvalue weighted by Crippen LogP contribution is 2.26. The lowest BCUT2D eigenvalue weighted by Gasteiger charge is -2.41. The van der Waals surface area contributed by atoms with Crippen LogP contribution in [0.4, 0.5) is 0 Å². The fourth-order valence-electron chi connectivity index (χ4n) is 10.1. The summed E-state index contributed by atoms with van der Waals surface area (Å²) in [7, 11) is 0. The topological polar surface area (TPSA) is 175 Å². The van der Waals surface area contributed by atoms with Gasteiger partial charge in [-0.3, -0.25) is 9.59 Å². The van der Waals surface area contributed by atoms with Crippen molar-refractivity contribution in [1.29, 1.82) is 0 Å². The molecule has 1 aliphatic rings. The number of esters is 1. The number of allylic oxidation sites excluding steroid dienone is 9. The van der Waals surface area contributed by atoms with Crippen LogP contribution < -0.4 is 5.32 Å². The third-order valence-corrected chi connectivity index (χ3v) is 15.4. The molecule has 0 bridgehead atoms. The van der Waals surface area contributed by atoms with Crippen LogP contribution >= 0.6 is 0 Å². The maximum atomic E-state index is 13.5. The maximum Gasteiger partial charge on any atom is 0.306 e. The smallest absolute Gasteiger partial charge is 0.306 e. The second-order valence-corrected chi connectivity index (χ2v) is 22.9. The molecule has 1 rings (SSSR count). The van der Waals surface area contributed by atoms with E-state index in [1.165, 1.54) is 161 Å². The van der Waals surface area contributed by atoms with E-state index in [1.54, 1.807) is 6.08 Å². The molecule has 8 unspecified atom stereocenters. The number of carbonyl (C=O) groups is 2. The Kier molecular flexibility index (Phi) is 52.6. The molecule has 1 fully saturated rings. The van der Waals surface area contributed by atoms with E-state index in [1.807, 2.05) is 6.08 Å². The summed E-state index contributed by atoms with van der Waals surface area (Å²) in [5.74, 6) is -1.20. The minimum absolute atomic E-state index is 0.110. The van der Waals surface area contributed by atoms with Crippen LogP contribution in [-0.2, 0) is 23.8 Å². The molecule has 0 radical (unpaired) electrons. The zero-order valence-electron chi connectivity index (χ0n) is 51.0. The van der Waals surface area contributed by atoms with Crippen molar-refractivity contribution in [2.24, 2.45) is 0 Å². The number of aliphatic hydroxyl groups excluding tert-OH is 5. The average Bonchev–Trinajstić information content (AvgIpc) is 3.49. The summed E-state index contributed by atoms with van der Waals surface area (Å²) in [4.78, 5) is 26.6. The van der Waals surface area contributed by atoms with E-state index < -0.39 is 67.4 Å². The summed E-state index contributed by atoms with van der Waals surface area (Å²) in [6.45, 7) is 5.75. The number of rotatable bonds is 56. The molecule has 0 saturated carbocycles. The second kappa shape index (κ2) is 55.9. The highest BCUT2D eigenvalue weighted by molar-refractivity contribution is 5.80. The Morgan fingerprint density at radius 1 is 0.506 bits per heavy atom. The molecule has 8 atom stereocenters. The molecule has 1 amide bonds. The van der Waals surface area contributed by atoms with Crippen molar-refractivity contribution in [2.45, 2.75) is 346 Å². The lowest BCUT2D eigenvalue weighted by atomic mass is 9.99. The Bertz CT molecular complexity index is 1510. The SMILES string of the molecule is CCCCC/C=C\C/C=C\CCCCCCCCCCCCCCC(O)C(=O)NC(COC1OC(CO)C(O)C(O)C1OC(=O)CCCCCCCC/C=C/C=C/CCCCC)C(O)/C=C/CCCCCCCCCCCCC. The fraction of sp³-hybridized carbons (Fsp3) is 0.824. The monoisotopic (exact) mass is 1110 g/mol. The molecule has 79 heavy (non-hydrogen) atoms. The summed E-state index contributed by atoms with van der Waals surface area (Å²) < 4.78 is 17.6. The first-order valence-electron chi connectivity index (χ1n) is 33.1. The molecule has 0 aromatic carbocycles. The first kappa shape index (κ1) is 74.4. The van der Waals surface area contributed by atoms with E-state index in [0.29, 0.717) is 12.8 Å². The number of unbranched alkanes of at least 4 members (excludes halogenated alkanes) is 35. The van der Waals surface area contributed by atoms with E-state index in [0.717, 1.165) is 89.9 Å². The van der Waals surface area contributed by atoms with Gasteiger partial charge in [-0.25, -0.2) is 0 Å². The summed E-state index contributed by atoms with van der Waals surface area (Å²) >= 11 is 0. The van der Waals surface area contributed by atoms with Crippen LogP contribution in [0.1, 0.15) is 297 Å². The minimum Gasteiger partial charge on any atom is -0.454 e. The van der Waals surface area contributed by atoms with E-state index >= 15 is 0 Å². The average molecular weight is 1110 g/mol.